The average molecular weight is 330 g/mol. The van der Waals surface area contributed by atoms with Gasteiger partial charge in [0, 0.05) is 19.9 Å². The van der Waals surface area contributed by atoms with Gasteiger partial charge in [0.25, 0.3) is 0 Å². The third-order valence-corrected chi connectivity index (χ3v) is 4.63. The highest BCUT2D eigenvalue weighted by atomic mass is 79.9. The summed E-state index contributed by atoms with van der Waals surface area (Å²) < 4.78 is 0.851. The molecule has 1 heterocycles. The highest BCUT2D eigenvalue weighted by Crippen LogP contribution is 2.30. The molecule has 0 atom stereocenters. The molecule has 0 radical (unpaired) electrons. The lowest BCUT2D eigenvalue weighted by Gasteiger charge is -2.04. The maximum Gasteiger partial charge on any atom is 0.204 e. The van der Waals surface area contributed by atoms with Crippen LogP contribution in [-0.2, 0) is 0 Å². The Kier molecular flexibility index (Phi) is 3.71. The number of thiophene rings is 1. The third-order valence-electron chi connectivity index (χ3n) is 2.46. The molecule has 0 amide bonds. The number of aryl methyl sites for hydroxylation is 2. The number of carbonyl (C=O) groups is 1. The molecule has 4 heteroatoms. The molecule has 1 aromatic carbocycles. The van der Waals surface area contributed by atoms with E-state index < -0.39 is 0 Å². The number of halogens is 2. The number of hydrogen-bond acceptors (Lipinski definition) is 2. The first-order valence-corrected chi connectivity index (χ1v) is 7.04. The molecule has 2 aromatic rings. The van der Waals surface area contributed by atoms with Crippen LogP contribution in [0.5, 0.6) is 0 Å². The molecule has 2 rings (SSSR count). The standard InChI is InChI=1S/C13H10BrClOS/c1-7-3-4-9(15)6-10(7)12(16)13-11(14)5-8(2)17-13/h3-6H,1-2H3. The molecular formula is C13H10BrClOS. The Labute approximate surface area is 118 Å². The average Bonchev–Trinajstić information content (AvgIpc) is 2.60. The smallest absolute Gasteiger partial charge is 0.204 e. The van der Waals surface area contributed by atoms with Crippen molar-refractivity contribution < 1.29 is 4.79 Å². The zero-order chi connectivity index (χ0) is 12.6. The van der Waals surface area contributed by atoms with Gasteiger partial charge in [0.2, 0.25) is 5.78 Å². The Balaban J connectivity index is 2.50. The Morgan fingerprint density at radius 2 is 2.00 bits per heavy atom. The van der Waals surface area contributed by atoms with Gasteiger partial charge in [-0.3, -0.25) is 4.79 Å². The van der Waals surface area contributed by atoms with Crippen LogP contribution in [0.4, 0.5) is 0 Å². The summed E-state index contributed by atoms with van der Waals surface area (Å²) in [6.45, 7) is 3.90. The molecule has 0 aliphatic heterocycles. The molecule has 0 saturated carbocycles. The van der Waals surface area contributed by atoms with Gasteiger partial charge in [0.1, 0.15) is 0 Å². The van der Waals surface area contributed by atoms with Gasteiger partial charge in [-0.25, -0.2) is 0 Å². The van der Waals surface area contributed by atoms with Crippen molar-refractivity contribution in [3.05, 3.63) is 54.6 Å². The third kappa shape index (κ3) is 2.62. The van der Waals surface area contributed by atoms with Gasteiger partial charge in [-0.2, -0.15) is 0 Å². The summed E-state index contributed by atoms with van der Waals surface area (Å²) in [5.41, 5.74) is 1.61. The van der Waals surface area contributed by atoms with Crippen LogP contribution >= 0.6 is 38.9 Å². The van der Waals surface area contributed by atoms with Gasteiger partial charge in [-0.05, 0) is 53.5 Å². The fraction of sp³-hybridized carbons (Fsp3) is 0.154. The summed E-state index contributed by atoms with van der Waals surface area (Å²) >= 11 is 10.8. The molecular weight excluding hydrogens is 320 g/mol. The zero-order valence-electron chi connectivity index (χ0n) is 9.38. The quantitative estimate of drug-likeness (QED) is 0.708. The van der Waals surface area contributed by atoms with Gasteiger partial charge < -0.3 is 0 Å². The summed E-state index contributed by atoms with van der Waals surface area (Å²) in [4.78, 5) is 14.2. The van der Waals surface area contributed by atoms with E-state index in [9.17, 15) is 4.79 Å². The van der Waals surface area contributed by atoms with E-state index in [1.54, 1.807) is 12.1 Å². The summed E-state index contributed by atoms with van der Waals surface area (Å²) in [7, 11) is 0. The first-order chi connectivity index (χ1) is 7.99. The second-order valence-corrected chi connectivity index (χ2v) is 6.37. The SMILES string of the molecule is Cc1cc(Br)c(C(=O)c2cc(Cl)ccc2C)s1. The molecule has 0 saturated heterocycles. The van der Waals surface area contributed by atoms with Crippen LogP contribution in [0.1, 0.15) is 25.7 Å². The maximum atomic E-state index is 12.4. The molecule has 0 spiro atoms. The normalized spacial score (nSPS) is 10.6. The van der Waals surface area contributed by atoms with Crippen molar-refractivity contribution in [2.45, 2.75) is 13.8 Å². The fourth-order valence-electron chi connectivity index (χ4n) is 1.60. The molecule has 0 N–H and O–H groups in total. The van der Waals surface area contributed by atoms with Crippen LogP contribution in [0, 0.1) is 13.8 Å². The van der Waals surface area contributed by atoms with Gasteiger partial charge >= 0.3 is 0 Å². The molecule has 0 aliphatic rings. The lowest BCUT2D eigenvalue weighted by Crippen LogP contribution is -2.02. The number of carbonyl (C=O) groups excluding carboxylic acids is 1. The Bertz CT molecular complexity index is 589. The highest BCUT2D eigenvalue weighted by Gasteiger charge is 2.17. The monoisotopic (exact) mass is 328 g/mol. The topological polar surface area (TPSA) is 17.1 Å². The van der Waals surface area contributed by atoms with Crippen molar-refractivity contribution in [2.24, 2.45) is 0 Å². The van der Waals surface area contributed by atoms with Crippen molar-refractivity contribution in [3.8, 4) is 0 Å². The van der Waals surface area contributed by atoms with E-state index in [0.717, 1.165) is 19.8 Å². The molecule has 0 fully saturated rings. The predicted molar refractivity (Wildman–Crippen MR) is 76.4 cm³/mol. The minimum absolute atomic E-state index is 0.0231. The largest absolute Gasteiger partial charge is 0.288 e. The molecule has 0 aliphatic carbocycles. The van der Waals surface area contributed by atoms with Crippen molar-refractivity contribution in [1.29, 1.82) is 0 Å². The van der Waals surface area contributed by atoms with E-state index in [-0.39, 0.29) is 5.78 Å². The van der Waals surface area contributed by atoms with Crippen molar-refractivity contribution in [1.82, 2.24) is 0 Å². The summed E-state index contributed by atoms with van der Waals surface area (Å²) in [5, 5.41) is 0.586. The van der Waals surface area contributed by atoms with Crippen LogP contribution in [-0.4, -0.2) is 5.78 Å². The summed E-state index contributed by atoms with van der Waals surface area (Å²) in [6.07, 6.45) is 0. The van der Waals surface area contributed by atoms with E-state index >= 15 is 0 Å². The van der Waals surface area contributed by atoms with E-state index in [1.165, 1.54) is 11.3 Å². The van der Waals surface area contributed by atoms with Crippen LogP contribution in [0.15, 0.2) is 28.7 Å². The Morgan fingerprint density at radius 1 is 1.29 bits per heavy atom. The summed E-state index contributed by atoms with van der Waals surface area (Å²) in [6, 6.07) is 7.34. The zero-order valence-corrected chi connectivity index (χ0v) is 12.5. The molecule has 0 bridgehead atoms. The Hall–Kier alpha value is -0.640. The molecule has 88 valence electrons. The van der Waals surface area contributed by atoms with Gasteiger partial charge in [-0.1, -0.05) is 17.7 Å². The number of benzene rings is 1. The molecule has 17 heavy (non-hydrogen) atoms. The van der Waals surface area contributed by atoms with Gasteiger partial charge in [-0.15, -0.1) is 11.3 Å². The fourth-order valence-corrected chi connectivity index (χ4v) is 3.55. The first-order valence-electron chi connectivity index (χ1n) is 5.06. The number of hydrogen-bond donors (Lipinski definition) is 0. The molecule has 0 unspecified atom stereocenters. The van der Waals surface area contributed by atoms with Crippen LogP contribution in [0.25, 0.3) is 0 Å². The van der Waals surface area contributed by atoms with Gasteiger partial charge in [0.15, 0.2) is 0 Å². The lowest BCUT2D eigenvalue weighted by molar-refractivity contribution is 0.104. The maximum absolute atomic E-state index is 12.4. The van der Waals surface area contributed by atoms with E-state index in [1.807, 2.05) is 26.0 Å². The van der Waals surface area contributed by atoms with E-state index in [0.29, 0.717) is 10.6 Å². The first kappa shape index (κ1) is 12.8. The Morgan fingerprint density at radius 3 is 2.59 bits per heavy atom. The number of ketones is 1. The number of rotatable bonds is 2. The van der Waals surface area contributed by atoms with Gasteiger partial charge in [0.05, 0.1) is 4.88 Å². The predicted octanol–water partition coefficient (Wildman–Crippen LogP) is 5.01. The minimum Gasteiger partial charge on any atom is -0.288 e. The lowest BCUT2D eigenvalue weighted by atomic mass is 10.0. The van der Waals surface area contributed by atoms with E-state index in [4.69, 9.17) is 11.6 Å². The second kappa shape index (κ2) is 4.92. The minimum atomic E-state index is 0.0231. The van der Waals surface area contributed by atoms with Crippen molar-refractivity contribution in [3.63, 3.8) is 0 Å². The molecule has 1 nitrogen and oxygen atoms in total. The highest BCUT2D eigenvalue weighted by molar-refractivity contribution is 9.10. The van der Waals surface area contributed by atoms with Crippen LogP contribution < -0.4 is 0 Å². The van der Waals surface area contributed by atoms with Crippen molar-refractivity contribution >= 4 is 44.7 Å². The van der Waals surface area contributed by atoms with Crippen LogP contribution in [0.2, 0.25) is 5.02 Å². The second-order valence-electron chi connectivity index (χ2n) is 3.82. The molecule has 1 aromatic heterocycles. The van der Waals surface area contributed by atoms with E-state index in [2.05, 4.69) is 15.9 Å². The summed E-state index contributed by atoms with van der Waals surface area (Å²) in [5.74, 6) is 0.0231. The van der Waals surface area contributed by atoms with Crippen LogP contribution in [0.3, 0.4) is 0 Å². The van der Waals surface area contributed by atoms with Crippen molar-refractivity contribution in [2.75, 3.05) is 0 Å².